The second kappa shape index (κ2) is 8.45. The molecule has 3 aromatic carbocycles. The molecule has 0 bridgehead atoms. The molecule has 0 aliphatic rings. The zero-order chi connectivity index (χ0) is 21.2. The number of hydrogen-bond donors (Lipinski definition) is 1. The van der Waals surface area contributed by atoms with Gasteiger partial charge in [0.15, 0.2) is 0 Å². The summed E-state index contributed by atoms with van der Waals surface area (Å²) in [7, 11) is -2.38. The first kappa shape index (κ1) is 21.2. The van der Waals surface area contributed by atoms with Gasteiger partial charge >= 0.3 is 0 Å². The Morgan fingerprint density at radius 1 is 0.966 bits per heavy atom. The van der Waals surface area contributed by atoms with Crippen LogP contribution in [-0.2, 0) is 10.0 Å². The predicted octanol–water partition coefficient (Wildman–Crippen LogP) is 5.38. The maximum absolute atomic E-state index is 12.8. The van der Waals surface area contributed by atoms with Gasteiger partial charge in [-0.2, -0.15) is 0 Å². The molecule has 0 saturated heterocycles. The van der Waals surface area contributed by atoms with Crippen molar-refractivity contribution in [2.75, 3.05) is 16.7 Å². The predicted molar refractivity (Wildman–Crippen MR) is 118 cm³/mol. The SMILES string of the molecule is Cc1cccc(NC(=O)c2ccc(N(C)S(=O)(=O)c3ccc(Cl)cc3)cc2Cl)c1. The number of aryl methyl sites for hydroxylation is 1. The molecule has 3 rings (SSSR count). The number of carbonyl (C=O) groups excluding carboxylic acids is 1. The van der Waals surface area contributed by atoms with Gasteiger partial charge < -0.3 is 5.32 Å². The number of nitrogens with zero attached hydrogens (tertiary/aromatic N) is 1. The smallest absolute Gasteiger partial charge is 0.264 e. The molecule has 29 heavy (non-hydrogen) atoms. The van der Waals surface area contributed by atoms with Gasteiger partial charge in [0.1, 0.15) is 0 Å². The van der Waals surface area contributed by atoms with E-state index in [9.17, 15) is 13.2 Å². The minimum absolute atomic E-state index is 0.0989. The molecule has 0 aliphatic heterocycles. The molecule has 0 fully saturated rings. The maximum atomic E-state index is 12.8. The van der Waals surface area contributed by atoms with Crippen molar-refractivity contribution >= 4 is 50.5 Å². The topological polar surface area (TPSA) is 66.5 Å². The Morgan fingerprint density at radius 2 is 1.66 bits per heavy atom. The summed E-state index contributed by atoms with van der Waals surface area (Å²) >= 11 is 12.1. The van der Waals surface area contributed by atoms with Crippen LogP contribution in [0.3, 0.4) is 0 Å². The summed E-state index contributed by atoms with van der Waals surface area (Å²) in [5, 5.41) is 3.37. The average molecular weight is 449 g/mol. The van der Waals surface area contributed by atoms with E-state index in [-0.39, 0.29) is 21.4 Å². The number of benzene rings is 3. The number of halogens is 2. The molecule has 1 amide bonds. The highest BCUT2D eigenvalue weighted by molar-refractivity contribution is 7.92. The molecule has 150 valence electrons. The average Bonchev–Trinajstić information content (AvgIpc) is 2.67. The van der Waals surface area contributed by atoms with Crippen LogP contribution >= 0.6 is 23.2 Å². The van der Waals surface area contributed by atoms with Gasteiger partial charge in [-0.3, -0.25) is 9.10 Å². The largest absolute Gasteiger partial charge is 0.322 e. The number of rotatable bonds is 5. The first-order chi connectivity index (χ1) is 13.7. The minimum atomic E-state index is -3.80. The van der Waals surface area contributed by atoms with E-state index in [0.717, 1.165) is 9.87 Å². The highest BCUT2D eigenvalue weighted by Gasteiger charge is 2.22. The molecule has 1 N–H and O–H groups in total. The summed E-state index contributed by atoms with van der Waals surface area (Å²) in [5.74, 6) is -0.379. The number of hydrogen-bond acceptors (Lipinski definition) is 3. The Bertz CT molecular complexity index is 1160. The van der Waals surface area contributed by atoms with Crippen molar-refractivity contribution in [1.82, 2.24) is 0 Å². The van der Waals surface area contributed by atoms with Crippen molar-refractivity contribution in [2.45, 2.75) is 11.8 Å². The third kappa shape index (κ3) is 4.72. The van der Waals surface area contributed by atoms with Crippen molar-refractivity contribution in [2.24, 2.45) is 0 Å². The van der Waals surface area contributed by atoms with Crippen LogP contribution < -0.4 is 9.62 Å². The summed E-state index contributed by atoms with van der Waals surface area (Å²) in [6.45, 7) is 1.92. The van der Waals surface area contributed by atoms with Gasteiger partial charge in [0, 0.05) is 17.8 Å². The van der Waals surface area contributed by atoms with Gasteiger partial charge in [-0.05, 0) is 67.1 Å². The molecular formula is C21H18Cl2N2O3S. The molecule has 0 heterocycles. The number of sulfonamides is 1. The molecule has 0 unspecified atom stereocenters. The Hall–Kier alpha value is -2.54. The van der Waals surface area contributed by atoms with Crippen LogP contribution in [0.1, 0.15) is 15.9 Å². The fourth-order valence-corrected chi connectivity index (χ4v) is 4.28. The van der Waals surface area contributed by atoms with Crippen LogP contribution in [0.2, 0.25) is 10.0 Å². The lowest BCUT2D eigenvalue weighted by molar-refractivity contribution is 0.102. The van der Waals surface area contributed by atoms with Crippen LogP contribution in [0.25, 0.3) is 0 Å². The van der Waals surface area contributed by atoms with Gasteiger partial charge in [-0.1, -0.05) is 35.3 Å². The van der Waals surface area contributed by atoms with Crippen LogP contribution in [-0.4, -0.2) is 21.4 Å². The number of amides is 1. The van der Waals surface area contributed by atoms with Gasteiger partial charge in [-0.15, -0.1) is 0 Å². The van der Waals surface area contributed by atoms with Crippen LogP contribution in [0.15, 0.2) is 71.6 Å². The van der Waals surface area contributed by atoms with Gasteiger partial charge in [0.2, 0.25) is 0 Å². The monoisotopic (exact) mass is 448 g/mol. The van der Waals surface area contributed by atoms with Gasteiger partial charge in [-0.25, -0.2) is 8.42 Å². The molecule has 0 aromatic heterocycles. The van der Waals surface area contributed by atoms with Crippen molar-refractivity contribution in [1.29, 1.82) is 0 Å². The molecule has 0 radical (unpaired) electrons. The van der Waals surface area contributed by atoms with Crippen molar-refractivity contribution in [3.05, 3.63) is 87.9 Å². The highest BCUT2D eigenvalue weighted by atomic mass is 35.5. The van der Waals surface area contributed by atoms with E-state index in [0.29, 0.717) is 16.4 Å². The summed E-state index contributed by atoms with van der Waals surface area (Å²) in [6.07, 6.45) is 0. The molecule has 3 aromatic rings. The minimum Gasteiger partial charge on any atom is -0.322 e. The molecule has 0 atom stereocenters. The number of anilines is 2. The van der Waals surface area contributed by atoms with Gasteiger partial charge in [0.05, 0.1) is 21.2 Å². The first-order valence-electron chi connectivity index (χ1n) is 8.60. The van der Waals surface area contributed by atoms with E-state index in [2.05, 4.69) is 5.32 Å². The molecule has 5 nitrogen and oxygen atoms in total. The van der Waals surface area contributed by atoms with E-state index in [1.807, 2.05) is 25.1 Å². The molecule has 8 heteroatoms. The van der Waals surface area contributed by atoms with E-state index in [4.69, 9.17) is 23.2 Å². The van der Waals surface area contributed by atoms with Crippen LogP contribution in [0.5, 0.6) is 0 Å². The molecule has 0 aliphatic carbocycles. The third-order valence-electron chi connectivity index (χ3n) is 4.31. The normalized spacial score (nSPS) is 11.2. The fraction of sp³-hybridized carbons (Fsp3) is 0.0952. The molecular weight excluding hydrogens is 431 g/mol. The summed E-state index contributed by atoms with van der Waals surface area (Å²) < 4.78 is 26.7. The Balaban J connectivity index is 1.84. The zero-order valence-electron chi connectivity index (χ0n) is 15.7. The van der Waals surface area contributed by atoms with Crippen molar-refractivity contribution < 1.29 is 13.2 Å². The van der Waals surface area contributed by atoms with Crippen LogP contribution in [0.4, 0.5) is 11.4 Å². The summed E-state index contributed by atoms with van der Waals surface area (Å²) in [4.78, 5) is 12.6. The number of carbonyl (C=O) groups is 1. The van der Waals surface area contributed by atoms with E-state index < -0.39 is 10.0 Å². The Labute approximate surface area is 179 Å². The van der Waals surface area contributed by atoms with Crippen LogP contribution in [0, 0.1) is 6.92 Å². The summed E-state index contributed by atoms with van der Waals surface area (Å²) in [6, 6.07) is 17.7. The lowest BCUT2D eigenvalue weighted by Gasteiger charge is -2.20. The van der Waals surface area contributed by atoms with Gasteiger partial charge in [0.25, 0.3) is 15.9 Å². The third-order valence-corrected chi connectivity index (χ3v) is 6.67. The fourth-order valence-electron chi connectivity index (χ4n) is 2.71. The maximum Gasteiger partial charge on any atom is 0.264 e. The zero-order valence-corrected chi connectivity index (χ0v) is 18.0. The standard InChI is InChI=1S/C21H18Cl2N2O3S/c1-14-4-3-5-16(12-14)24-21(26)19-11-8-17(13-20(19)23)25(2)29(27,28)18-9-6-15(22)7-10-18/h3-13H,1-2H3,(H,24,26). The molecule has 0 saturated carbocycles. The highest BCUT2D eigenvalue weighted by Crippen LogP contribution is 2.28. The second-order valence-electron chi connectivity index (χ2n) is 6.41. The molecule has 0 spiro atoms. The Morgan fingerprint density at radius 3 is 2.28 bits per heavy atom. The lowest BCUT2D eigenvalue weighted by Crippen LogP contribution is -2.26. The lowest BCUT2D eigenvalue weighted by atomic mass is 10.1. The van der Waals surface area contributed by atoms with E-state index in [1.165, 1.54) is 49.5 Å². The second-order valence-corrected chi connectivity index (χ2v) is 9.23. The Kier molecular flexibility index (Phi) is 6.17. The first-order valence-corrected chi connectivity index (χ1v) is 10.8. The van der Waals surface area contributed by atoms with Crippen molar-refractivity contribution in [3.8, 4) is 0 Å². The van der Waals surface area contributed by atoms with Crippen molar-refractivity contribution in [3.63, 3.8) is 0 Å². The number of nitrogens with one attached hydrogen (secondary N) is 1. The summed E-state index contributed by atoms with van der Waals surface area (Å²) in [5.41, 5.74) is 2.24. The van der Waals surface area contributed by atoms with E-state index in [1.54, 1.807) is 6.07 Å². The van der Waals surface area contributed by atoms with E-state index >= 15 is 0 Å². The quantitative estimate of drug-likeness (QED) is 0.569.